The van der Waals surface area contributed by atoms with Crippen LogP contribution in [0.15, 0.2) is 24.3 Å². The van der Waals surface area contributed by atoms with E-state index < -0.39 is 0 Å². The Bertz CT molecular complexity index is 530. The van der Waals surface area contributed by atoms with Crippen LogP contribution in [0.1, 0.15) is 48.5 Å². The number of nitrogens with zero attached hydrogens (tertiary/aromatic N) is 1. The number of ether oxygens (including phenoxy) is 1. The minimum Gasteiger partial charge on any atom is -0.380 e. The van der Waals surface area contributed by atoms with Gasteiger partial charge >= 0.3 is 0 Å². The van der Waals surface area contributed by atoms with E-state index in [1.54, 1.807) is 7.11 Å². The SMILES string of the molecule is COCc1ccccc1C(=O)NC[C@@]1(N(C)C)CCC[C@@H](C)C1. The highest BCUT2D eigenvalue weighted by atomic mass is 16.5. The van der Waals surface area contributed by atoms with Gasteiger partial charge in [0.05, 0.1) is 6.61 Å². The molecule has 0 unspecified atom stereocenters. The van der Waals surface area contributed by atoms with Gasteiger partial charge in [-0.05, 0) is 44.5 Å². The molecule has 0 heterocycles. The summed E-state index contributed by atoms with van der Waals surface area (Å²) in [5.41, 5.74) is 1.72. The molecule has 1 aromatic rings. The smallest absolute Gasteiger partial charge is 0.251 e. The predicted octanol–water partition coefficient (Wildman–Crippen LogP) is 3.07. The van der Waals surface area contributed by atoms with Crippen molar-refractivity contribution in [2.45, 2.75) is 44.8 Å². The predicted molar refractivity (Wildman–Crippen MR) is 93.5 cm³/mol. The number of nitrogens with one attached hydrogen (secondary N) is 1. The van der Waals surface area contributed by atoms with Crippen molar-refractivity contribution in [1.82, 2.24) is 10.2 Å². The molecule has 1 saturated carbocycles. The molecule has 0 aromatic heterocycles. The number of carbonyl (C=O) groups is 1. The minimum absolute atomic E-state index is 0.00268. The monoisotopic (exact) mass is 318 g/mol. The number of methoxy groups -OCH3 is 1. The number of benzene rings is 1. The molecule has 4 nitrogen and oxygen atoms in total. The number of rotatable bonds is 6. The van der Waals surface area contributed by atoms with Crippen molar-refractivity contribution in [3.63, 3.8) is 0 Å². The lowest BCUT2D eigenvalue weighted by atomic mass is 9.75. The van der Waals surface area contributed by atoms with Crippen molar-refractivity contribution in [1.29, 1.82) is 0 Å². The highest BCUT2D eigenvalue weighted by Crippen LogP contribution is 2.35. The average Bonchev–Trinajstić information content (AvgIpc) is 2.53. The quantitative estimate of drug-likeness (QED) is 0.876. The van der Waals surface area contributed by atoms with Crippen LogP contribution in [0.4, 0.5) is 0 Å². The van der Waals surface area contributed by atoms with E-state index in [-0.39, 0.29) is 11.4 Å². The van der Waals surface area contributed by atoms with Gasteiger partial charge in [-0.15, -0.1) is 0 Å². The van der Waals surface area contributed by atoms with Crippen molar-refractivity contribution >= 4 is 5.91 Å². The third-order valence-electron chi connectivity index (χ3n) is 5.16. The van der Waals surface area contributed by atoms with E-state index in [0.717, 1.165) is 18.4 Å². The van der Waals surface area contributed by atoms with Crippen LogP contribution < -0.4 is 5.32 Å². The number of likely N-dealkylation sites (N-methyl/N-ethyl adjacent to an activating group) is 1. The first-order valence-corrected chi connectivity index (χ1v) is 8.51. The molecule has 23 heavy (non-hydrogen) atoms. The first kappa shape index (κ1) is 18.0. The zero-order valence-electron chi connectivity index (χ0n) is 14.9. The maximum absolute atomic E-state index is 12.6. The molecule has 0 radical (unpaired) electrons. The van der Waals surface area contributed by atoms with Crippen LogP contribution in [0.2, 0.25) is 0 Å². The highest BCUT2D eigenvalue weighted by Gasteiger charge is 2.37. The molecule has 0 bridgehead atoms. The van der Waals surface area contributed by atoms with Gasteiger partial charge in [-0.1, -0.05) is 38.0 Å². The van der Waals surface area contributed by atoms with Gasteiger partial charge in [0.1, 0.15) is 0 Å². The van der Waals surface area contributed by atoms with Crippen LogP contribution in [0.25, 0.3) is 0 Å². The molecule has 1 aromatic carbocycles. The van der Waals surface area contributed by atoms with E-state index in [4.69, 9.17) is 4.74 Å². The lowest BCUT2D eigenvalue weighted by Crippen LogP contribution is -2.55. The number of amides is 1. The number of hydrogen-bond acceptors (Lipinski definition) is 3. The van der Waals surface area contributed by atoms with Gasteiger partial charge in [0.25, 0.3) is 5.91 Å². The molecule has 4 heteroatoms. The normalized spacial score (nSPS) is 24.7. The van der Waals surface area contributed by atoms with Gasteiger partial charge < -0.3 is 15.0 Å². The Morgan fingerprint density at radius 2 is 2.13 bits per heavy atom. The van der Waals surface area contributed by atoms with Crippen LogP contribution in [0, 0.1) is 5.92 Å². The van der Waals surface area contributed by atoms with E-state index in [1.807, 2.05) is 24.3 Å². The first-order valence-electron chi connectivity index (χ1n) is 8.51. The van der Waals surface area contributed by atoms with Crippen molar-refractivity contribution in [2.24, 2.45) is 5.92 Å². The fourth-order valence-electron chi connectivity index (χ4n) is 3.72. The Hall–Kier alpha value is -1.39. The zero-order valence-corrected chi connectivity index (χ0v) is 14.9. The van der Waals surface area contributed by atoms with Gasteiger partial charge in [-0.2, -0.15) is 0 Å². The second-order valence-corrected chi connectivity index (χ2v) is 7.09. The maximum Gasteiger partial charge on any atom is 0.251 e. The topological polar surface area (TPSA) is 41.6 Å². The van der Waals surface area contributed by atoms with E-state index >= 15 is 0 Å². The van der Waals surface area contributed by atoms with Crippen LogP contribution in [0.5, 0.6) is 0 Å². The molecule has 1 N–H and O–H groups in total. The summed E-state index contributed by atoms with van der Waals surface area (Å²) in [5, 5.41) is 3.17. The molecule has 0 aliphatic heterocycles. The summed E-state index contributed by atoms with van der Waals surface area (Å²) >= 11 is 0. The highest BCUT2D eigenvalue weighted by molar-refractivity contribution is 5.95. The zero-order chi connectivity index (χ0) is 16.9. The van der Waals surface area contributed by atoms with Crippen LogP contribution in [0.3, 0.4) is 0 Å². The third kappa shape index (κ3) is 4.33. The summed E-state index contributed by atoms with van der Waals surface area (Å²) in [5.74, 6) is 0.709. The van der Waals surface area contributed by atoms with E-state index in [2.05, 4.69) is 31.2 Å². The Labute approximate surface area is 140 Å². The second-order valence-electron chi connectivity index (χ2n) is 7.09. The molecule has 1 aliphatic rings. The molecule has 0 spiro atoms. The summed E-state index contributed by atoms with van der Waals surface area (Å²) in [7, 11) is 5.91. The molecular weight excluding hydrogens is 288 g/mol. The molecule has 2 atom stereocenters. The average molecular weight is 318 g/mol. The molecule has 128 valence electrons. The van der Waals surface area contributed by atoms with Gasteiger partial charge in [0.2, 0.25) is 0 Å². The lowest BCUT2D eigenvalue weighted by Gasteiger charge is -2.45. The largest absolute Gasteiger partial charge is 0.380 e. The van der Waals surface area contributed by atoms with E-state index in [9.17, 15) is 4.79 Å². The van der Waals surface area contributed by atoms with Gasteiger partial charge in [-0.25, -0.2) is 0 Å². The van der Waals surface area contributed by atoms with Crippen molar-refractivity contribution in [3.05, 3.63) is 35.4 Å². The Balaban J connectivity index is 2.08. The molecule has 1 amide bonds. The Morgan fingerprint density at radius 3 is 2.78 bits per heavy atom. The molecule has 1 fully saturated rings. The van der Waals surface area contributed by atoms with Crippen LogP contribution >= 0.6 is 0 Å². The fourth-order valence-corrected chi connectivity index (χ4v) is 3.72. The second kappa shape index (κ2) is 7.93. The summed E-state index contributed by atoms with van der Waals surface area (Å²) in [6, 6.07) is 7.66. The molecular formula is C19H30N2O2. The van der Waals surface area contributed by atoms with E-state index in [0.29, 0.717) is 24.6 Å². The number of hydrogen-bond donors (Lipinski definition) is 1. The van der Waals surface area contributed by atoms with Gasteiger partial charge in [0.15, 0.2) is 0 Å². The first-order chi connectivity index (χ1) is 11.0. The van der Waals surface area contributed by atoms with Gasteiger partial charge in [0, 0.05) is 24.8 Å². The summed E-state index contributed by atoms with van der Waals surface area (Å²) in [6.45, 7) is 3.47. The summed E-state index contributed by atoms with van der Waals surface area (Å²) < 4.78 is 5.20. The minimum atomic E-state index is -0.00268. The van der Waals surface area contributed by atoms with Gasteiger partial charge in [-0.3, -0.25) is 4.79 Å². The molecule has 1 aliphatic carbocycles. The summed E-state index contributed by atoms with van der Waals surface area (Å²) in [6.07, 6.45) is 4.81. The van der Waals surface area contributed by atoms with Crippen molar-refractivity contribution in [3.8, 4) is 0 Å². The maximum atomic E-state index is 12.6. The summed E-state index contributed by atoms with van der Waals surface area (Å²) in [4.78, 5) is 14.9. The number of carbonyl (C=O) groups excluding carboxylic acids is 1. The van der Waals surface area contributed by atoms with Crippen LogP contribution in [-0.2, 0) is 11.3 Å². The van der Waals surface area contributed by atoms with Crippen molar-refractivity contribution < 1.29 is 9.53 Å². The molecule has 2 rings (SSSR count). The van der Waals surface area contributed by atoms with Crippen molar-refractivity contribution in [2.75, 3.05) is 27.7 Å². The standard InChI is InChI=1S/C19H30N2O2/c1-15-8-7-11-19(12-15,21(2)3)14-20-18(22)17-10-6-5-9-16(17)13-23-4/h5-6,9-10,15H,7-8,11-14H2,1-4H3,(H,20,22)/t15-,19-/m1/s1. The molecule has 0 saturated heterocycles. The lowest BCUT2D eigenvalue weighted by molar-refractivity contribution is 0.0673. The fraction of sp³-hybridized carbons (Fsp3) is 0.632. The third-order valence-corrected chi connectivity index (χ3v) is 5.16. The van der Waals surface area contributed by atoms with E-state index in [1.165, 1.54) is 12.8 Å². The Morgan fingerprint density at radius 1 is 1.39 bits per heavy atom. The Kier molecular flexibility index (Phi) is 6.19. The van der Waals surface area contributed by atoms with Crippen LogP contribution in [-0.4, -0.2) is 44.1 Å².